The predicted molar refractivity (Wildman–Crippen MR) is 92.9 cm³/mol. The Morgan fingerprint density at radius 1 is 1.04 bits per heavy atom. The van der Waals surface area contributed by atoms with Crippen molar-refractivity contribution in [3.05, 3.63) is 59.2 Å². The van der Waals surface area contributed by atoms with Crippen molar-refractivity contribution in [1.82, 2.24) is 5.32 Å². The lowest BCUT2D eigenvalue weighted by Gasteiger charge is -2.12. The zero-order chi connectivity index (χ0) is 18.2. The van der Waals surface area contributed by atoms with Crippen molar-refractivity contribution in [3.63, 3.8) is 0 Å². The minimum Gasteiger partial charge on any atom is -0.496 e. The zero-order valence-electron chi connectivity index (χ0n) is 14.5. The van der Waals surface area contributed by atoms with Crippen LogP contribution in [0.25, 0.3) is 0 Å². The van der Waals surface area contributed by atoms with Crippen molar-refractivity contribution in [2.24, 2.45) is 0 Å². The van der Waals surface area contributed by atoms with Gasteiger partial charge in [-0.05, 0) is 30.7 Å². The maximum absolute atomic E-state index is 12.0. The van der Waals surface area contributed by atoms with Crippen LogP contribution in [0.2, 0.25) is 0 Å². The number of aryl methyl sites for hydroxylation is 1. The molecule has 0 unspecified atom stereocenters. The molecule has 0 aliphatic rings. The average Bonchev–Trinajstić information content (AvgIpc) is 2.64. The molecule has 2 aromatic carbocycles. The minimum atomic E-state index is -0.510. The van der Waals surface area contributed by atoms with Gasteiger partial charge in [0.1, 0.15) is 17.1 Å². The van der Waals surface area contributed by atoms with E-state index in [-0.39, 0.29) is 18.1 Å². The molecule has 6 heteroatoms. The van der Waals surface area contributed by atoms with Crippen molar-refractivity contribution in [2.45, 2.75) is 13.5 Å². The number of carbonyl (C=O) groups is 2. The van der Waals surface area contributed by atoms with Crippen LogP contribution in [0.4, 0.5) is 0 Å². The Morgan fingerprint density at radius 3 is 2.52 bits per heavy atom. The molecular weight excluding hydrogens is 322 g/mol. The van der Waals surface area contributed by atoms with Crippen LogP contribution in [-0.2, 0) is 16.1 Å². The maximum Gasteiger partial charge on any atom is 0.341 e. The van der Waals surface area contributed by atoms with E-state index in [1.807, 2.05) is 31.2 Å². The van der Waals surface area contributed by atoms with E-state index in [2.05, 4.69) is 5.32 Å². The van der Waals surface area contributed by atoms with Gasteiger partial charge in [0, 0.05) is 12.1 Å². The van der Waals surface area contributed by atoms with Gasteiger partial charge in [-0.2, -0.15) is 0 Å². The van der Waals surface area contributed by atoms with Gasteiger partial charge < -0.3 is 19.5 Å². The van der Waals surface area contributed by atoms with Gasteiger partial charge in [-0.1, -0.05) is 24.3 Å². The molecular formula is C19H21NO5. The van der Waals surface area contributed by atoms with Crippen molar-refractivity contribution >= 4 is 11.9 Å². The van der Waals surface area contributed by atoms with E-state index < -0.39 is 5.97 Å². The number of methoxy groups -OCH3 is 2. The number of hydrogen-bond acceptors (Lipinski definition) is 5. The topological polar surface area (TPSA) is 73.9 Å². The number of esters is 1. The van der Waals surface area contributed by atoms with Gasteiger partial charge in [-0.25, -0.2) is 4.79 Å². The Labute approximate surface area is 146 Å². The second-order valence-corrected chi connectivity index (χ2v) is 5.37. The highest BCUT2D eigenvalue weighted by Crippen LogP contribution is 2.21. The molecule has 0 aliphatic heterocycles. The summed E-state index contributed by atoms with van der Waals surface area (Å²) in [7, 11) is 2.88. The number of hydrogen-bond donors (Lipinski definition) is 1. The fourth-order valence-electron chi connectivity index (χ4n) is 2.26. The first-order chi connectivity index (χ1) is 12.0. The van der Waals surface area contributed by atoms with E-state index in [0.29, 0.717) is 18.0 Å². The van der Waals surface area contributed by atoms with Crippen LogP contribution in [0.5, 0.6) is 11.5 Å². The van der Waals surface area contributed by atoms with E-state index in [4.69, 9.17) is 14.2 Å². The number of para-hydroxylation sites is 1. The summed E-state index contributed by atoms with van der Waals surface area (Å²) in [5.41, 5.74) is 2.06. The number of amides is 1. The third-order valence-corrected chi connectivity index (χ3v) is 3.57. The van der Waals surface area contributed by atoms with E-state index in [9.17, 15) is 9.59 Å². The van der Waals surface area contributed by atoms with Gasteiger partial charge in [-0.15, -0.1) is 0 Å². The number of benzene rings is 2. The summed E-state index contributed by atoms with van der Waals surface area (Å²) in [6.45, 7) is 1.99. The highest BCUT2D eigenvalue weighted by molar-refractivity contribution is 5.92. The maximum atomic E-state index is 12.0. The summed E-state index contributed by atoms with van der Waals surface area (Å²) in [5, 5.41) is 2.76. The Kier molecular flexibility index (Phi) is 6.39. The molecule has 1 amide bonds. The van der Waals surface area contributed by atoms with Crippen molar-refractivity contribution < 1.29 is 23.8 Å². The Morgan fingerprint density at radius 2 is 1.80 bits per heavy atom. The van der Waals surface area contributed by atoms with Crippen molar-refractivity contribution in [3.8, 4) is 11.5 Å². The molecule has 0 fully saturated rings. The van der Waals surface area contributed by atoms with Gasteiger partial charge in [0.15, 0.2) is 6.61 Å². The molecule has 0 radical (unpaired) electrons. The van der Waals surface area contributed by atoms with Crippen LogP contribution in [0.3, 0.4) is 0 Å². The summed E-state index contributed by atoms with van der Waals surface area (Å²) in [4.78, 5) is 23.8. The van der Waals surface area contributed by atoms with E-state index >= 15 is 0 Å². The number of rotatable bonds is 7. The quantitative estimate of drug-likeness (QED) is 0.782. The predicted octanol–water partition coefficient (Wildman–Crippen LogP) is 2.49. The molecule has 0 spiro atoms. The molecule has 0 bridgehead atoms. The smallest absolute Gasteiger partial charge is 0.341 e. The molecule has 0 aromatic heterocycles. The SMILES string of the molecule is COC(=O)c1ccc(C)cc1OCC(=O)NCc1ccccc1OC. The monoisotopic (exact) mass is 343 g/mol. The summed E-state index contributed by atoms with van der Waals surface area (Å²) >= 11 is 0. The number of nitrogens with one attached hydrogen (secondary N) is 1. The lowest BCUT2D eigenvalue weighted by molar-refractivity contribution is -0.123. The molecule has 2 rings (SSSR count). The van der Waals surface area contributed by atoms with E-state index in [1.54, 1.807) is 25.3 Å². The molecule has 0 atom stereocenters. The second-order valence-electron chi connectivity index (χ2n) is 5.37. The fraction of sp³-hybridized carbons (Fsp3) is 0.263. The normalized spacial score (nSPS) is 10.0. The summed E-state index contributed by atoms with van der Waals surface area (Å²) in [6.07, 6.45) is 0. The summed E-state index contributed by atoms with van der Waals surface area (Å²) in [6, 6.07) is 12.5. The molecule has 0 heterocycles. The first-order valence-corrected chi connectivity index (χ1v) is 7.75. The minimum absolute atomic E-state index is 0.206. The Balaban J connectivity index is 1.96. The highest BCUT2D eigenvalue weighted by atomic mass is 16.5. The van der Waals surface area contributed by atoms with Gasteiger partial charge in [-0.3, -0.25) is 4.79 Å². The number of ether oxygens (including phenoxy) is 3. The molecule has 1 N–H and O–H groups in total. The van der Waals surface area contributed by atoms with Crippen LogP contribution in [0.15, 0.2) is 42.5 Å². The van der Waals surface area contributed by atoms with Crippen LogP contribution in [0, 0.1) is 6.92 Å². The molecule has 0 aliphatic carbocycles. The van der Waals surface area contributed by atoms with Crippen LogP contribution >= 0.6 is 0 Å². The van der Waals surface area contributed by atoms with Crippen LogP contribution in [-0.4, -0.2) is 32.7 Å². The lowest BCUT2D eigenvalue weighted by Crippen LogP contribution is -2.28. The highest BCUT2D eigenvalue weighted by Gasteiger charge is 2.14. The average molecular weight is 343 g/mol. The van der Waals surface area contributed by atoms with Gasteiger partial charge in [0.05, 0.1) is 14.2 Å². The Bertz CT molecular complexity index is 757. The standard InChI is InChI=1S/C19H21NO5/c1-13-8-9-15(19(22)24-3)17(10-13)25-12-18(21)20-11-14-6-4-5-7-16(14)23-2/h4-10H,11-12H2,1-3H3,(H,20,21). The first-order valence-electron chi connectivity index (χ1n) is 7.75. The Hall–Kier alpha value is -3.02. The zero-order valence-corrected chi connectivity index (χ0v) is 14.5. The molecule has 132 valence electrons. The first kappa shape index (κ1) is 18.3. The lowest BCUT2D eigenvalue weighted by atomic mass is 10.1. The van der Waals surface area contributed by atoms with Crippen molar-refractivity contribution in [1.29, 1.82) is 0 Å². The van der Waals surface area contributed by atoms with Crippen molar-refractivity contribution in [2.75, 3.05) is 20.8 Å². The van der Waals surface area contributed by atoms with Gasteiger partial charge >= 0.3 is 5.97 Å². The third-order valence-electron chi connectivity index (χ3n) is 3.57. The molecule has 0 saturated carbocycles. The fourth-order valence-corrected chi connectivity index (χ4v) is 2.26. The third kappa shape index (κ3) is 4.97. The molecule has 25 heavy (non-hydrogen) atoms. The largest absolute Gasteiger partial charge is 0.496 e. The van der Waals surface area contributed by atoms with Gasteiger partial charge in [0.2, 0.25) is 0 Å². The second kappa shape index (κ2) is 8.73. The molecule has 2 aromatic rings. The summed E-state index contributed by atoms with van der Waals surface area (Å²) < 4.78 is 15.5. The summed E-state index contributed by atoms with van der Waals surface area (Å²) in [5.74, 6) is 0.210. The van der Waals surface area contributed by atoms with E-state index in [0.717, 1.165) is 11.1 Å². The molecule has 0 saturated heterocycles. The molecule has 6 nitrogen and oxygen atoms in total. The van der Waals surface area contributed by atoms with E-state index in [1.165, 1.54) is 7.11 Å². The number of carbonyl (C=O) groups excluding carboxylic acids is 2. The van der Waals surface area contributed by atoms with Gasteiger partial charge in [0.25, 0.3) is 5.91 Å². The van der Waals surface area contributed by atoms with Crippen LogP contribution < -0.4 is 14.8 Å². The van der Waals surface area contributed by atoms with Crippen LogP contribution in [0.1, 0.15) is 21.5 Å².